The van der Waals surface area contributed by atoms with E-state index in [2.05, 4.69) is 59.0 Å². The van der Waals surface area contributed by atoms with E-state index >= 15 is 0 Å². The summed E-state index contributed by atoms with van der Waals surface area (Å²) < 4.78 is 2.19. The molecule has 19 heavy (non-hydrogen) atoms. The van der Waals surface area contributed by atoms with Gasteiger partial charge in [-0.3, -0.25) is 0 Å². The van der Waals surface area contributed by atoms with Crippen LogP contribution < -0.4 is 5.32 Å². The fourth-order valence-corrected chi connectivity index (χ4v) is 2.34. The van der Waals surface area contributed by atoms with Gasteiger partial charge in [-0.2, -0.15) is 0 Å². The minimum atomic E-state index is 0.897. The molecule has 0 unspecified atom stereocenters. The Hall–Kier alpha value is -2.29. The van der Waals surface area contributed by atoms with E-state index in [4.69, 9.17) is 0 Å². The van der Waals surface area contributed by atoms with E-state index in [0.29, 0.717) is 0 Å². The monoisotopic (exact) mass is 251 g/mol. The van der Waals surface area contributed by atoms with E-state index in [1.54, 1.807) is 0 Å². The molecule has 0 radical (unpaired) electrons. The van der Waals surface area contributed by atoms with Crippen molar-refractivity contribution >= 4 is 22.7 Å². The lowest BCUT2D eigenvalue weighted by atomic mass is 10.2. The average molecular weight is 251 g/mol. The number of nitrogens with one attached hydrogen (secondary N) is 1. The van der Waals surface area contributed by atoms with Gasteiger partial charge >= 0.3 is 0 Å². The van der Waals surface area contributed by atoms with Crippen LogP contribution in [0.5, 0.6) is 0 Å². The molecule has 96 valence electrons. The van der Waals surface area contributed by atoms with E-state index in [1.165, 1.54) is 11.1 Å². The maximum absolute atomic E-state index is 4.66. The van der Waals surface area contributed by atoms with Crippen LogP contribution in [0.25, 0.3) is 11.0 Å². The third-order valence-corrected chi connectivity index (χ3v) is 3.24. The van der Waals surface area contributed by atoms with Gasteiger partial charge in [-0.05, 0) is 43.7 Å². The number of benzene rings is 2. The van der Waals surface area contributed by atoms with Crippen LogP contribution >= 0.6 is 0 Å². The molecular weight excluding hydrogens is 234 g/mol. The maximum atomic E-state index is 4.66. The number of fused-ring (bicyclic) bond motifs is 1. The number of nitrogens with zero attached hydrogens (tertiary/aromatic N) is 2. The predicted molar refractivity (Wildman–Crippen MR) is 79.9 cm³/mol. The first kappa shape index (κ1) is 11.8. The quantitative estimate of drug-likeness (QED) is 0.759. The molecule has 0 saturated heterocycles. The molecule has 0 spiro atoms. The number of anilines is 2. The van der Waals surface area contributed by atoms with E-state index in [1.807, 2.05) is 18.2 Å². The van der Waals surface area contributed by atoms with Crippen LogP contribution in [0, 0.1) is 6.92 Å². The molecule has 0 aliphatic rings. The molecule has 0 aliphatic heterocycles. The van der Waals surface area contributed by atoms with Gasteiger partial charge in [0.05, 0.1) is 11.0 Å². The summed E-state index contributed by atoms with van der Waals surface area (Å²) in [5, 5.41) is 3.41. The lowest BCUT2D eigenvalue weighted by Crippen LogP contribution is -2.02. The average Bonchev–Trinajstić information content (AvgIpc) is 2.75. The van der Waals surface area contributed by atoms with Crippen LogP contribution in [0.4, 0.5) is 11.6 Å². The summed E-state index contributed by atoms with van der Waals surface area (Å²) >= 11 is 0. The molecule has 0 saturated carbocycles. The lowest BCUT2D eigenvalue weighted by Gasteiger charge is -2.09. The Morgan fingerprint density at radius 3 is 2.74 bits per heavy atom. The topological polar surface area (TPSA) is 29.9 Å². The second-order valence-electron chi connectivity index (χ2n) is 4.66. The molecule has 0 atom stereocenters. The van der Waals surface area contributed by atoms with Gasteiger partial charge in [-0.25, -0.2) is 4.98 Å². The summed E-state index contributed by atoms with van der Waals surface area (Å²) in [5.41, 5.74) is 4.51. The molecule has 0 fully saturated rings. The van der Waals surface area contributed by atoms with Gasteiger partial charge < -0.3 is 9.88 Å². The zero-order valence-electron chi connectivity index (χ0n) is 11.2. The number of aromatic nitrogens is 2. The standard InChI is InChI=1S/C16H17N3/c1-3-19-15-10-5-4-9-14(15)18-16(19)17-13-8-6-7-12(2)11-13/h4-11H,3H2,1-2H3,(H,17,18). The maximum Gasteiger partial charge on any atom is 0.208 e. The highest BCUT2D eigenvalue weighted by molar-refractivity contribution is 5.79. The minimum Gasteiger partial charge on any atom is -0.326 e. The fourth-order valence-electron chi connectivity index (χ4n) is 2.34. The Kier molecular flexibility index (Phi) is 2.95. The van der Waals surface area contributed by atoms with Gasteiger partial charge in [0, 0.05) is 12.2 Å². The second-order valence-corrected chi connectivity index (χ2v) is 4.66. The van der Waals surface area contributed by atoms with Crippen molar-refractivity contribution < 1.29 is 0 Å². The van der Waals surface area contributed by atoms with Crippen molar-refractivity contribution in [3.8, 4) is 0 Å². The van der Waals surface area contributed by atoms with Crippen molar-refractivity contribution in [2.75, 3.05) is 5.32 Å². The van der Waals surface area contributed by atoms with Gasteiger partial charge in [0.1, 0.15) is 0 Å². The normalized spacial score (nSPS) is 10.8. The summed E-state index contributed by atoms with van der Waals surface area (Å²) in [6, 6.07) is 16.5. The highest BCUT2D eigenvalue weighted by Gasteiger charge is 2.08. The first-order valence-corrected chi connectivity index (χ1v) is 6.57. The molecule has 3 nitrogen and oxygen atoms in total. The molecule has 1 N–H and O–H groups in total. The first-order chi connectivity index (χ1) is 9.28. The molecule has 0 bridgehead atoms. The Balaban J connectivity index is 2.05. The minimum absolute atomic E-state index is 0.897. The van der Waals surface area contributed by atoms with Crippen LogP contribution in [0.3, 0.4) is 0 Å². The number of aryl methyl sites for hydroxylation is 2. The molecule has 0 amide bonds. The van der Waals surface area contributed by atoms with Gasteiger partial charge in [0.15, 0.2) is 0 Å². The van der Waals surface area contributed by atoms with Crippen molar-refractivity contribution in [3.05, 3.63) is 54.1 Å². The summed E-state index contributed by atoms with van der Waals surface area (Å²) in [6.07, 6.45) is 0. The summed E-state index contributed by atoms with van der Waals surface area (Å²) in [5.74, 6) is 0.898. The Bertz CT molecular complexity index is 713. The zero-order valence-corrected chi connectivity index (χ0v) is 11.2. The summed E-state index contributed by atoms with van der Waals surface area (Å²) in [4.78, 5) is 4.66. The van der Waals surface area contributed by atoms with Crippen molar-refractivity contribution in [3.63, 3.8) is 0 Å². The first-order valence-electron chi connectivity index (χ1n) is 6.57. The van der Waals surface area contributed by atoms with Crippen molar-refractivity contribution in [1.29, 1.82) is 0 Å². The molecule has 1 aromatic heterocycles. The van der Waals surface area contributed by atoms with Crippen molar-refractivity contribution in [2.24, 2.45) is 0 Å². The summed E-state index contributed by atoms with van der Waals surface area (Å²) in [7, 11) is 0. The van der Waals surface area contributed by atoms with Crippen LogP contribution in [-0.2, 0) is 6.54 Å². The Morgan fingerprint density at radius 1 is 1.11 bits per heavy atom. The van der Waals surface area contributed by atoms with E-state index in [0.717, 1.165) is 23.7 Å². The molecule has 0 aliphatic carbocycles. The number of hydrogen-bond donors (Lipinski definition) is 1. The van der Waals surface area contributed by atoms with Gasteiger partial charge in [0.25, 0.3) is 0 Å². The van der Waals surface area contributed by atoms with Gasteiger partial charge in [0.2, 0.25) is 5.95 Å². The van der Waals surface area contributed by atoms with E-state index < -0.39 is 0 Å². The van der Waals surface area contributed by atoms with Gasteiger partial charge in [-0.1, -0.05) is 24.3 Å². The van der Waals surface area contributed by atoms with Crippen molar-refractivity contribution in [1.82, 2.24) is 9.55 Å². The zero-order chi connectivity index (χ0) is 13.2. The molecule has 3 heteroatoms. The van der Waals surface area contributed by atoms with Crippen LogP contribution in [0.2, 0.25) is 0 Å². The molecule has 3 rings (SSSR count). The number of para-hydroxylation sites is 2. The van der Waals surface area contributed by atoms with E-state index in [-0.39, 0.29) is 0 Å². The molecule has 1 heterocycles. The predicted octanol–water partition coefficient (Wildman–Crippen LogP) is 4.11. The van der Waals surface area contributed by atoms with Crippen LogP contribution in [0.1, 0.15) is 12.5 Å². The summed E-state index contributed by atoms with van der Waals surface area (Å²) in [6.45, 7) is 5.12. The molecule has 3 aromatic rings. The third kappa shape index (κ3) is 2.19. The van der Waals surface area contributed by atoms with Crippen LogP contribution in [-0.4, -0.2) is 9.55 Å². The highest BCUT2D eigenvalue weighted by Crippen LogP contribution is 2.22. The number of rotatable bonds is 3. The van der Waals surface area contributed by atoms with Crippen LogP contribution in [0.15, 0.2) is 48.5 Å². The smallest absolute Gasteiger partial charge is 0.208 e. The Labute approximate surface area is 112 Å². The SMILES string of the molecule is CCn1c(Nc2cccc(C)c2)nc2ccccc21. The highest BCUT2D eigenvalue weighted by atomic mass is 15.2. The number of hydrogen-bond acceptors (Lipinski definition) is 2. The molecular formula is C16H17N3. The second kappa shape index (κ2) is 4.76. The van der Waals surface area contributed by atoms with Crippen molar-refractivity contribution in [2.45, 2.75) is 20.4 Å². The fraction of sp³-hybridized carbons (Fsp3) is 0.188. The Morgan fingerprint density at radius 2 is 1.95 bits per heavy atom. The lowest BCUT2D eigenvalue weighted by molar-refractivity contribution is 0.797. The molecule has 2 aromatic carbocycles. The third-order valence-electron chi connectivity index (χ3n) is 3.24. The number of imidazole rings is 1. The largest absolute Gasteiger partial charge is 0.326 e. The van der Waals surface area contributed by atoms with E-state index in [9.17, 15) is 0 Å². The van der Waals surface area contributed by atoms with Gasteiger partial charge in [-0.15, -0.1) is 0 Å².